The van der Waals surface area contributed by atoms with Crippen LogP contribution in [0.2, 0.25) is 0 Å². The summed E-state index contributed by atoms with van der Waals surface area (Å²) in [5, 5.41) is 4.01. The molecule has 1 atom stereocenters. The summed E-state index contributed by atoms with van der Waals surface area (Å²) in [7, 11) is 4.14. The van der Waals surface area contributed by atoms with E-state index in [4.69, 9.17) is 10.3 Å². The van der Waals surface area contributed by atoms with Crippen LogP contribution < -0.4 is 10.6 Å². The minimum Gasteiger partial charge on any atom is -0.378 e. The fourth-order valence-corrected chi connectivity index (χ4v) is 3.02. The second-order valence-electron chi connectivity index (χ2n) is 5.93. The van der Waals surface area contributed by atoms with Crippen LogP contribution in [0, 0.1) is 0 Å². The number of nitrogens with zero attached hydrogens (tertiary/aromatic N) is 4. The van der Waals surface area contributed by atoms with Gasteiger partial charge in [0.25, 0.3) is 0 Å². The van der Waals surface area contributed by atoms with Crippen molar-refractivity contribution in [3.05, 3.63) is 41.5 Å². The Morgan fingerprint density at radius 3 is 3.00 bits per heavy atom. The Bertz CT molecular complexity index is 625. The predicted molar refractivity (Wildman–Crippen MR) is 85.3 cm³/mol. The Hall–Kier alpha value is -1.92. The summed E-state index contributed by atoms with van der Waals surface area (Å²) >= 11 is 0. The van der Waals surface area contributed by atoms with Crippen LogP contribution in [0.5, 0.6) is 0 Å². The summed E-state index contributed by atoms with van der Waals surface area (Å²) in [5.41, 5.74) is 8.10. The van der Waals surface area contributed by atoms with E-state index in [0.29, 0.717) is 25.0 Å². The summed E-state index contributed by atoms with van der Waals surface area (Å²) in [6.45, 7) is 2.06. The number of likely N-dealkylation sites (tertiary alicyclic amines) is 1. The molecule has 1 unspecified atom stereocenters. The molecular formula is C16H23N5O. The van der Waals surface area contributed by atoms with E-state index in [-0.39, 0.29) is 0 Å². The van der Waals surface area contributed by atoms with Crippen LogP contribution in [0.25, 0.3) is 0 Å². The molecule has 2 N–H and O–H groups in total. The van der Waals surface area contributed by atoms with Crippen LogP contribution in [-0.4, -0.2) is 35.7 Å². The quantitative estimate of drug-likeness (QED) is 0.910. The maximum atomic E-state index is 5.52. The SMILES string of the molecule is CN(C)c1cccc(C2CCCN2Cc2noc(CN)n2)c1. The van der Waals surface area contributed by atoms with Crippen molar-refractivity contribution < 1.29 is 4.52 Å². The van der Waals surface area contributed by atoms with Crippen molar-refractivity contribution in [3.8, 4) is 0 Å². The minimum atomic E-state index is 0.293. The molecule has 0 spiro atoms. The van der Waals surface area contributed by atoms with E-state index in [9.17, 15) is 0 Å². The normalized spacial score (nSPS) is 18.8. The molecule has 1 aliphatic heterocycles. The average Bonchev–Trinajstić information content (AvgIpc) is 3.17. The maximum absolute atomic E-state index is 5.52. The Balaban J connectivity index is 1.76. The third-order valence-corrected chi connectivity index (χ3v) is 4.16. The average molecular weight is 301 g/mol. The highest BCUT2D eigenvalue weighted by molar-refractivity contribution is 5.48. The van der Waals surface area contributed by atoms with Crippen LogP contribution >= 0.6 is 0 Å². The van der Waals surface area contributed by atoms with E-state index in [2.05, 4.69) is 58.3 Å². The summed E-state index contributed by atoms with van der Waals surface area (Å²) in [4.78, 5) is 8.86. The molecule has 1 aromatic heterocycles. The zero-order chi connectivity index (χ0) is 15.5. The number of rotatable bonds is 5. The first-order chi connectivity index (χ1) is 10.7. The minimum absolute atomic E-state index is 0.293. The van der Waals surface area contributed by atoms with E-state index in [0.717, 1.165) is 12.4 Å². The van der Waals surface area contributed by atoms with Crippen LogP contribution in [0.1, 0.15) is 36.2 Å². The molecule has 2 heterocycles. The molecule has 1 saturated heterocycles. The van der Waals surface area contributed by atoms with E-state index < -0.39 is 0 Å². The topological polar surface area (TPSA) is 71.4 Å². The third-order valence-electron chi connectivity index (χ3n) is 4.16. The van der Waals surface area contributed by atoms with Crippen LogP contribution in [0.3, 0.4) is 0 Å². The monoisotopic (exact) mass is 301 g/mol. The predicted octanol–water partition coefficient (Wildman–Crippen LogP) is 1.93. The molecule has 6 heteroatoms. The van der Waals surface area contributed by atoms with E-state index >= 15 is 0 Å². The molecule has 0 saturated carbocycles. The second kappa shape index (κ2) is 6.46. The van der Waals surface area contributed by atoms with Gasteiger partial charge in [-0.1, -0.05) is 17.3 Å². The molecule has 1 aliphatic rings. The number of nitrogens with two attached hydrogens (primary N) is 1. The lowest BCUT2D eigenvalue weighted by atomic mass is 10.0. The Labute approximate surface area is 130 Å². The van der Waals surface area contributed by atoms with Crippen molar-refractivity contribution in [1.82, 2.24) is 15.0 Å². The number of hydrogen-bond acceptors (Lipinski definition) is 6. The number of anilines is 1. The second-order valence-corrected chi connectivity index (χ2v) is 5.93. The first-order valence-electron chi connectivity index (χ1n) is 7.70. The number of aromatic nitrogens is 2. The Morgan fingerprint density at radius 2 is 2.27 bits per heavy atom. The van der Waals surface area contributed by atoms with E-state index in [1.807, 2.05) is 0 Å². The molecule has 3 rings (SSSR count). The smallest absolute Gasteiger partial charge is 0.240 e. The molecular weight excluding hydrogens is 278 g/mol. The highest BCUT2D eigenvalue weighted by Gasteiger charge is 2.27. The number of hydrogen-bond donors (Lipinski definition) is 1. The number of benzene rings is 1. The van der Waals surface area contributed by atoms with Gasteiger partial charge in [0.05, 0.1) is 13.1 Å². The molecule has 2 aromatic rings. The standard InChI is InChI=1S/C16H23N5O/c1-20(2)13-6-3-5-12(9-13)14-7-4-8-21(14)11-15-18-16(10-17)22-19-15/h3,5-6,9,14H,4,7-8,10-11,17H2,1-2H3. The van der Waals surface area contributed by atoms with E-state index in [1.54, 1.807) is 0 Å². The van der Waals surface area contributed by atoms with Crippen molar-refractivity contribution in [2.75, 3.05) is 25.5 Å². The Kier molecular flexibility index (Phi) is 4.40. The molecule has 0 amide bonds. The van der Waals surface area contributed by atoms with Gasteiger partial charge in [-0.15, -0.1) is 0 Å². The molecule has 0 radical (unpaired) electrons. The highest BCUT2D eigenvalue weighted by atomic mass is 16.5. The molecule has 118 valence electrons. The van der Waals surface area contributed by atoms with Crippen molar-refractivity contribution in [3.63, 3.8) is 0 Å². The van der Waals surface area contributed by atoms with Gasteiger partial charge in [-0.05, 0) is 37.1 Å². The van der Waals surface area contributed by atoms with Crippen LogP contribution in [0.4, 0.5) is 5.69 Å². The van der Waals surface area contributed by atoms with Crippen molar-refractivity contribution in [2.45, 2.75) is 32.0 Å². The van der Waals surface area contributed by atoms with Gasteiger partial charge in [0, 0.05) is 25.8 Å². The first kappa shape index (κ1) is 15.0. The van der Waals surface area contributed by atoms with Crippen LogP contribution in [-0.2, 0) is 13.1 Å². The summed E-state index contributed by atoms with van der Waals surface area (Å²) in [5.74, 6) is 1.22. The fraction of sp³-hybridized carbons (Fsp3) is 0.500. The Morgan fingerprint density at radius 1 is 1.41 bits per heavy atom. The summed E-state index contributed by atoms with van der Waals surface area (Å²) in [6, 6.07) is 9.15. The molecule has 22 heavy (non-hydrogen) atoms. The summed E-state index contributed by atoms with van der Waals surface area (Å²) in [6.07, 6.45) is 2.36. The summed E-state index contributed by atoms with van der Waals surface area (Å²) < 4.78 is 5.10. The fourth-order valence-electron chi connectivity index (χ4n) is 3.02. The highest BCUT2D eigenvalue weighted by Crippen LogP contribution is 2.34. The maximum Gasteiger partial charge on any atom is 0.240 e. The molecule has 1 aromatic carbocycles. The van der Waals surface area contributed by atoms with Crippen LogP contribution in [0.15, 0.2) is 28.8 Å². The molecule has 6 nitrogen and oxygen atoms in total. The van der Waals surface area contributed by atoms with Crippen molar-refractivity contribution >= 4 is 5.69 Å². The first-order valence-corrected chi connectivity index (χ1v) is 7.70. The zero-order valence-corrected chi connectivity index (χ0v) is 13.2. The molecule has 1 fully saturated rings. The third kappa shape index (κ3) is 3.13. The lowest BCUT2D eigenvalue weighted by Gasteiger charge is -2.24. The zero-order valence-electron chi connectivity index (χ0n) is 13.2. The lowest BCUT2D eigenvalue weighted by Crippen LogP contribution is -2.23. The van der Waals surface area contributed by atoms with Gasteiger partial charge in [0.2, 0.25) is 5.89 Å². The van der Waals surface area contributed by atoms with Gasteiger partial charge < -0.3 is 15.2 Å². The van der Waals surface area contributed by atoms with Gasteiger partial charge in [0.15, 0.2) is 5.82 Å². The van der Waals surface area contributed by atoms with E-state index in [1.165, 1.54) is 24.1 Å². The van der Waals surface area contributed by atoms with Gasteiger partial charge >= 0.3 is 0 Å². The van der Waals surface area contributed by atoms with Gasteiger partial charge in [-0.3, -0.25) is 4.90 Å². The van der Waals surface area contributed by atoms with Gasteiger partial charge in [0.1, 0.15) is 0 Å². The van der Waals surface area contributed by atoms with Crippen molar-refractivity contribution in [1.29, 1.82) is 0 Å². The van der Waals surface area contributed by atoms with Gasteiger partial charge in [-0.2, -0.15) is 4.98 Å². The molecule has 0 bridgehead atoms. The molecule has 0 aliphatic carbocycles. The largest absolute Gasteiger partial charge is 0.378 e. The van der Waals surface area contributed by atoms with Crippen molar-refractivity contribution in [2.24, 2.45) is 5.73 Å². The lowest BCUT2D eigenvalue weighted by molar-refractivity contribution is 0.238. The van der Waals surface area contributed by atoms with Gasteiger partial charge in [-0.25, -0.2) is 0 Å².